The minimum Gasteiger partial charge on any atom is -0.310 e. The Hall–Kier alpha value is -2.19. The molecule has 8 heteroatoms. The molecule has 172 valence electrons. The smallest absolute Gasteiger partial charge is 0.275 e. The highest BCUT2D eigenvalue weighted by Crippen LogP contribution is 2.36. The molecule has 0 spiro atoms. The summed E-state index contributed by atoms with van der Waals surface area (Å²) in [6.45, 7) is 3.73. The average Bonchev–Trinajstić information content (AvgIpc) is 2.77. The first kappa shape index (κ1) is 21.6. The number of aromatic nitrogens is 1. The van der Waals surface area contributed by atoms with Gasteiger partial charge in [0.05, 0.1) is 4.90 Å². The summed E-state index contributed by atoms with van der Waals surface area (Å²) in [5.41, 5.74) is 0.684. The van der Waals surface area contributed by atoms with Crippen molar-refractivity contribution < 1.29 is 12.8 Å². The number of likely N-dealkylation sites (tertiary alicyclic amines) is 1. The van der Waals surface area contributed by atoms with Crippen molar-refractivity contribution >= 4 is 15.7 Å². The number of pyridine rings is 1. The van der Waals surface area contributed by atoms with Crippen LogP contribution in [0.1, 0.15) is 50.1 Å². The lowest BCUT2D eigenvalue weighted by molar-refractivity contribution is 0.0968. The highest BCUT2D eigenvalue weighted by atomic mass is 32.2. The number of rotatable bonds is 5. The SMILES string of the molecule is O=c1c(NS(=O)(=O)c2cccc(F)c2)ccc2n1CC1CC2CN(CC2CCCCC2)C1. The maximum absolute atomic E-state index is 13.5. The van der Waals surface area contributed by atoms with Crippen molar-refractivity contribution in [3.63, 3.8) is 0 Å². The number of anilines is 1. The Morgan fingerprint density at radius 2 is 1.84 bits per heavy atom. The van der Waals surface area contributed by atoms with Crippen LogP contribution in [0.25, 0.3) is 0 Å². The summed E-state index contributed by atoms with van der Waals surface area (Å²) in [4.78, 5) is 15.6. The summed E-state index contributed by atoms with van der Waals surface area (Å²) in [5.74, 6) is 0.857. The normalized spacial score (nSPS) is 24.2. The van der Waals surface area contributed by atoms with E-state index >= 15 is 0 Å². The summed E-state index contributed by atoms with van der Waals surface area (Å²) < 4.78 is 42.9. The number of fused-ring (bicyclic) bond motifs is 4. The molecule has 5 rings (SSSR count). The molecule has 2 fully saturated rings. The molecular formula is C24H30FN3O3S. The first-order valence-corrected chi connectivity index (χ1v) is 13.1. The summed E-state index contributed by atoms with van der Waals surface area (Å²) >= 11 is 0. The standard InChI is InChI=1S/C24H30FN3O3S/c25-20-7-4-8-21(12-20)32(30,31)26-22-9-10-23-19-11-18(15-28(23)24(22)29)14-27(16-19)13-17-5-2-1-3-6-17/h4,7-10,12,17-19,26H,1-3,5-6,11,13-16H2. The minimum absolute atomic E-state index is 0.0112. The first-order chi connectivity index (χ1) is 15.4. The molecule has 1 N–H and O–H groups in total. The van der Waals surface area contributed by atoms with E-state index in [-0.39, 0.29) is 16.1 Å². The van der Waals surface area contributed by atoms with Crippen LogP contribution in [0, 0.1) is 17.7 Å². The fourth-order valence-corrected chi connectivity index (χ4v) is 6.93. The molecule has 1 saturated carbocycles. The van der Waals surface area contributed by atoms with Crippen molar-refractivity contribution in [3.05, 3.63) is 58.3 Å². The molecule has 6 nitrogen and oxygen atoms in total. The quantitative estimate of drug-likeness (QED) is 0.739. The highest BCUT2D eigenvalue weighted by Gasteiger charge is 2.36. The van der Waals surface area contributed by atoms with Crippen LogP contribution in [-0.4, -0.2) is 37.5 Å². The number of benzene rings is 1. The molecule has 1 aromatic carbocycles. The van der Waals surface area contributed by atoms with Crippen LogP contribution in [-0.2, 0) is 16.6 Å². The van der Waals surface area contributed by atoms with Gasteiger partial charge in [0.15, 0.2) is 0 Å². The molecule has 2 atom stereocenters. The summed E-state index contributed by atoms with van der Waals surface area (Å²) in [5, 5.41) is 0. The average molecular weight is 460 g/mol. The molecule has 1 aromatic heterocycles. The van der Waals surface area contributed by atoms with Gasteiger partial charge in [-0.05, 0) is 61.4 Å². The number of hydrogen-bond donors (Lipinski definition) is 1. The van der Waals surface area contributed by atoms with Gasteiger partial charge < -0.3 is 9.47 Å². The van der Waals surface area contributed by atoms with Crippen molar-refractivity contribution in [1.82, 2.24) is 9.47 Å². The van der Waals surface area contributed by atoms with E-state index in [1.165, 1.54) is 50.3 Å². The molecule has 0 amide bonds. The molecule has 3 aliphatic rings. The number of halogens is 1. The van der Waals surface area contributed by atoms with Crippen molar-refractivity contribution in [1.29, 1.82) is 0 Å². The lowest BCUT2D eigenvalue weighted by atomic mass is 9.81. The third-order valence-corrected chi connectivity index (χ3v) is 8.63. The van der Waals surface area contributed by atoms with E-state index in [2.05, 4.69) is 9.62 Å². The zero-order valence-electron chi connectivity index (χ0n) is 18.2. The van der Waals surface area contributed by atoms with Gasteiger partial charge in [-0.15, -0.1) is 0 Å². The molecule has 1 aliphatic carbocycles. The molecule has 0 radical (unpaired) electrons. The van der Waals surface area contributed by atoms with Gasteiger partial charge in [-0.2, -0.15) is 0 Å². The van der Waals surface area contributed by atoms with E-state index in [1.54, 1.807) is 10.6 Å². The largest absolute Gasteiger partial charge is 0.310 e. The second-order valence-corrected chi connectivity index (χ2v) is 11.4. The van der Waals surface area contributed by atoms with E-state index < -0.39 is 15.8 Å². The monoisotopic (exact) mass is 459 g/mol. The molecule has 2 aliphatic heterocycles. The van der Waals surface area contributed by atoms with Crippen LogP contribution in [0.5, 0.6) is 0 Å². The maximum atomic E-state index is 13.5. The Morgan fingerprint density at radius 1 is 1.03 bits per heavy atom. The van der Waals surface area contributed by atoms with Crippen molar-refractivity contribution in [2.24, 2.45) is 11.8 Å². The van der Waals surface area contributed by atoms with E-state index in [0.29, 0.717) is 18.4 Å². The van der Waals surface area contributed by atoms with Crippen molar-refractivity contribution in [2.45, 2.75) is 55.9 Å². The molecular weight excluding hydrogens is 429 g/mol. The van der Waals surface area contributed by atoms with Gasteiger partial charge >= 0.3 is 0 Å². The Morgan fingerprint density at radius 3 is 2.62 bits per heavy atom. The van der Waals surface area contributed by atoms with E-state index in [0.717, 1.165) is 43.7 Å². The second-order valence-electron chi connectivity index (χ2n) is 9.67. The van der Waals surface area contributed by atoms with Crippen molar-refractivity contribution in [3.8, 4) is 0 Å². The maximum Gasteiger partial charge on any atom is 0.275 e. The Labute approximate surface area is 188 Å². The van der Waals surface area contributed by atoms with Crippen LogP contribution in [0.2, 0.25) is 0 Å². The second kappa shape index (κ2) is 8.63. The van der Waals surface area contributed by atoms with Crippen LogP contribution in [0.3, 0.4) is 0 Å². The summed E-state index contributed by atoms with van der Waals surface area (Å²) in [7, 11) is -4.04. The Balaban J connectivity index is 1.35. The third kappa shape index (κ3) is 4.35. The summed E-state index contributed by atoms with van der Waals surface area (Å²) in [6.07, 6.45) is 7.79. The topological polar surface area (TPSA) is 71.4 Å². The number of piperidine rings is 1. The van der Waals surface area contributed by atoms with E-state index in [1.807, 2.05) is 6.07 Å². The first-order valence-electron chi connectivity index (χ1n) is 11.6. The predicted octanol–water partition coefficient (Wildman–Crippen LogP) is 3.79. The van der Waals surface area contributed by atoms with Crippen LogP contribution in [0.4, 0.5) is 10.1 Å². The van der Waals surface area contributed by atoms with Gasteiger partial charge in [-0.25, -0.2) is 12.8 Å². The summed E-state index contributed by atoms with van der Waals surface area (Å²) in [6, 6.07) is 8.23. The van der Waals surface area contributed by atoms with E-state index in [4.69, 9.17) is 0 Å². The predicted molar refractivity (Wildman–Crippen MR) is 122 cm³/mol. The van der Waals surface area contributed by atoms with Gasteiger partial charge in [-0.1, -0.05) is 25.3 Å². The van der Waals surface area contributed by atoms with Gasteiger partial charge in [0.1, 0.15) is 11.5 Å². The third-order valence-electron chi connectivity index (χ3n) is 7.27. The van der Waals surface area contributed by atoms with Gasteiger partial charge in [-0.3, -0.25) is 9.52 Å². The van der Waals surface area contributed by atoms with Crippen LogP contribution >= 0.6 is 0 Å². The molecule has 2 bridgehead atoms. The Bertz CT molecular complexity index is 1160. The molecule has 3 heterocycles. The number of nitrogens with zero attached hydrogens (tertiary/aromatic N) is 2. The number of hydrogen-bond acceptors (Lipinski definition) is 4. The van der Waals surface area contributed by atoms with Crippen molar-refractivity contribution in [2.75, 3.05) is 24.4 Å². The Kier molecular flexibility index (Phi) is 5.84. The minimum atomic E-state index is -4.04. The zero-order valence-corrected chi connectivity index (χ0v) is 19.0. The number of sulfonamides is 1. The van der Waals surface area contributed by atoms with Crippen LogP contribution < -0.4 is 10.3 Å². The zero-order chi connectivity index (χ0) is 22.3. The van der Waals surface area contributed by atoms with Gasteiger partial charge in [0.25, 0.3) is 15.6 Å². The van der Waals surface area contributed by atoms with Gasteiger partial charge in [0.2, 0.25) is 0 Å². The lowest BCUT2D eigenvalue weighted by Gasteiger charge is -2.44. The fourth-order valence-electron chi connectivity index (χ4n) is 5.84. The molecule has 2 aromatic rings. The lowest BCUT2D eigenvalue weighted by Crippen LogP contribution is -2.48. The molecule has 2 unspecified atom stereocenters. The fraction of sp³-hybridized carbons (Fsp3) is 0.542. The van der Waals surface area contributed by atoms with Crippen LogP contribution in [0.15, 0.2) is 46.1 Å². The van der Waals surface area contributed by atoms with Gasteiger partial charge in [0, 0.05) is 37.8 Å². The highest BCUT2D eigenvalue weighted by molar-refractivity contribution is 7.92. The molecule has 1 saturated heterocycles. The number of nitrogens with one attached hydrogen (secondary N) is 1. The molecule has 32 heavy (non-hydrogen) atoms. The van der Waals surface area contributed by atoms with E-state index in [9.17, 15) is 17.6 Å².